The predicted molar refractivity (Wildman–Crippen MR) is 91.8 cm³/mol. The molecule has 0 fully saturated rings. The normalized spacial score (nSPS) is 11.6. The number of benzene rings is 2. The summed E-state index contributed by atoms with van der Waals surface area (Å²) in [7, 11) is 0. The van der Waals surface area contributed by atoms with Gasteiger partial charge in [0.25, 0.3) is 5.91 Å². The van der Waals surface area contributed by atoms with E-state index in [1.165, 1.54) is 5.56 Å². The van der Waals surface area contributed by atoms with Gasteiger partial charge in [-0.2, -0.15) is 5.10 Å². The largest absolute Gasteiger partial charge is 0.271 e. The maximum absolute atomic E-state index is 11.9. The van der Waals surface area contributed by atoms with Gasteiger partial charge in [-0.15, -0.1) is 0 Å². The van der Waals surface area contributed by atoms with Crippen molar-refractivity contribution in [1.29, 1.82) is 0 Å². The van der Waals surface area contributed by atoms with Crippen molar-refractivity contribution >= 4 is 17.7 Å². The quantitative estimate of drug-likeness (QED) is 0.651. The van der Waals surface area contributed by atoms with Gasteiger partial charge in [-0.3, -0.25) is 4.79 Å². The number of hydrogen-bond donors (Lipinski definition) is 1. The first-order valence-electron chi connectivity index (χ1n) is 7.35. The molecule has 0 saturated heterocycles. The second kappa shape index (κ2) is 7.93. The molecule has 0 heterocycles. The lowest BCUT2D eigenvalue weighted by Crippen LogP contribution is -2.18. The van der Waals surface area contributed by atoms with E-state index in [9.17, 15) is 4.79 Å². The number of aryl methyl sites for hydroxylation is 1. The van der Waals surface area contributed by atoms with Crippen LogP contribution in [0.2, 0.25) is 0 Å². The first kappa shape index (κ1) is 15.7. The minimum absolute atomic E-state index is 0.199. The summed E-state index contributed by atoms with van der Waals surface area (Å²) >= 11 is 0. The average molecular weight is 292 g/mol. The third-order valence-electron chi connectivity index (χ3n) is 3.24. The van der Waals surface area contributed by atoms with Crippen molar-refractivity contribution in [3.8, 4) is 0 Å². The maximum atomic E-state index is 11.9. The Labute approximate surface area is 131 Å². The zero-order chi connectivity index (χ0) is 15.8. The zero-order valence-corrected chi connectivity index (χ0v) is 12.9. The summed E-state index contributed by atoms with van der Waals surface area (Å²) in [5.74, 6) is -0.199. The number of rotatable bonds is 5. The first-order chi connectivity index (χ1) is 10.7. The standard InChI is InChI=1S/C19H20N2O/c1-3-18(14-13-16-11-9-15(2)10-12-16)20-21-19(22)17-7-5-4-6-8-17/h4-14H,3H2,1-2H3,(H,21,22)/b14-13-,20-18-. The molecule has 0 saturated carbocycles. The van der Waals surface area contributed by atoms with Crippen LogP contribution in [0.4, 0.5) is 0 Å². The predicted octanol–water partition coefficient (Wildman–Crippen LogP) is 4.20. The molecule has 0 radical (unpaired) electrons. The Morgan fingerprint density at radius 3 is 2.41 bits per heavy atom. The molecule has 0 aliphatic heterocycles. The summed E-state index contributed by atoms with van der Waals surface area (Å²) in [5.41, 5.74) is 6.36. The summed E-state index contributed by atoms with van der Waals surface area (Å²) in [4.78, 5) is 11.9. The minimum atomic E-state index is -0.199. The third kappa shape index (κ3) is 4.70. The van der Waals surface area contributed by atoms with Crippen LogP contribution in [0.15, 0.2) is 65.8 Å². The van der Waals surface area contributed by atoms with Gasteiger partial charge in [0.05, 0.1) is 5.71 Å². The molecule has 1 amide bonds. The number of hydrazone groups is 1. The van der Waals surface area contributed by atoms with Gasteiger partial charge < -0.3 is 0 Å². The van der Waals surface area contributed by atoms with E-state index >= 15 is 0 Å². The molecule has 112 valence electrons. The van der Waals surface area contributed by atoms with Crippen molar-refractivity contribution < 1.29 is 4.79 Å². The molecule has 2 rings (SSSR count). The molecule has 3 nitrogen and oxygen atoms in total. The summed E-state index contributed by atoms with van der Waals surface area (Å²) < 4.78 is 0. The van der Waals surface area contributed by atoms with Crippen molar-refractivity contribution in [3.05, 3.63) is 77.4 Å². The van der Waals surface area contributed by atoms with E-state index in [-0.39, 0.29) is 5.91 Å². The number of amides is 1. The van der Waals surface area contributed by atoms with Gasteiger partial charge in [0.15, 0.2) is 0 Å². The molecular weight excluding hydrogens is 272 g/mol. The van der Waals surface area contributed by atoms with Crippen LogP contribution >= 0.6 is 0 Å². The Balaban J connectivity index is 2.01. The van der Waals surface area contributed by atoms with Crippen LogP contribution in [-0.2, 0) is 0 Å². The van der Waals surface area contributed by atoms with Gasteiger partial charge in [0.1, 0.15) is 0 Å². The fourth-order valence-corrected chi connectivity index (χ4v) is 1.88. The lowest BCUT2D eigenvalue weighted by Gasteiger charge is -2.01. The summed E-state index contributed by atoms with van der Waals surface area (Å²) in [5, 5.41) is 4.18. The van der Waals surface area contributed by atoms with E-state index in [4.69, 9.17) is 0 Å². The fourth-order valence-electron chi connectivity index (χ4n) is 1.88. The van der Waals surface area contributed by atoms with Crippen LogP contribution in [0.25, 0.3) is 6.08 Å². The summed E-state index contributed by atoms with van der Waals surface area (Å²) in [6.07, 6.45) is 4.67. The van der Waals surface area contributed by atoms with Gasteiger partial charge >= 0.3 is 0 Å². The van der Waals surface area contributed by atoms with Gasteiger partial charge in [0, 0.05) is 5.56 Å². The Hall–Kier alpha value is -2.68. The van der Waals surface area contributed by atoms with Crippen LogP contribution < -0.4 is 5.43 Å². The van der Waals surface area contributed by atoms with E-state index < -0.39 is 0 Å². The molecule has 0 aliphatic carbocycles. The Morgan fingerprint density at radius 1 is 1.09 bits per heavy atom. The molecule has 1 N–H and O–H groups in total. The van der Waals surface area contributed by atoms with Crippen LogP contribution in [0.5, 0.6) is 0 Å². The maximum Gasteiger partial charge on any atom is 0.271 e. The molecule has 0 aliphatic rings. The highest BCUT2D eigenvalue weighted by atomic mass is 16.2. The van der Waals surface area contributed by atoms with E-state index in [2.05, 4.69) is 41.7 Å². The molecule has 22 heavy (non-hydrogen) atoms. The Bertz CT molecular complexity index is 670. The van der Waals surface area contributed by atoms with Crippen molar-refractivity contribution in [2.75, 3.05) is 0 Å². The van der Waals surface area contributed by atoms with Crippen molar-refractivity contribution in [2.45, 2.75) is 20.3 Å². The van der Waals surface area contributed by atoms with Crippen molar-refractivity contribution in [2.24, 2.45) is 5.10 Å². The topological polar surface area (TPSA) is 41.5 Å². The van der Waals surface area contributed by atoms with Crippen molar-refractivity contribution in [1.82, 2.24) is 5.43 Å². The summed E-state index contributed by atoms with van der Waals surface area (Å²) in [6, 6.07) is 17.3. The number of allylic oxidation sites excluding steroid dienone is 1. The number of carbonyl (C=O) groups is 1. The highest BCUT2D eigenvalue weighted by Gasteiger charge is 2.02. The molecule has 0 aromatic heterocycles. The minimum Gasteiger partial charge on any atom is -0.267 e. The van der Waals surface area contributed by atoms with Gasteiger partial charge in [-0.1, -0.05) is 61.0 Å². The molecule has 0 atom stereocenters. The van der Waals surface area contributed by atoms with E-state index in [1.54, 1.807) is 12.1 Å². The monoisotopic (exact) mass is 292 g/mol. The third-order valence-corrected chi connectivity index (χ3v) is 3.24. The van der Waals surface area contributed by atoms with Gasteiger partial charge in [-0.25, -0.2) is 5.43 Å². The molecule has 0 spiro atoms. The molecule has 2 aromatic carbocycles. The SMILES string of the molecule is CCC(/C=C\c1ccc(C)cc1)=N/NC(=O)c1ccccc1. The van der Waals surface area contributed by atoms with Crippen LogP contribution in [0, 0.1) is 6.92 Å². The van der Waals surface area contributed by atoms with Gasteiger partial charge in [0.2, 0.25) is 0 Å². The average Bonchev–Trinajstić information content (AvgIpc) is 2.57. The van der Waals surface area contributed by atoms with E-state index in [1.807, 2.05) is 37.3 Å². The van der Waals surface area contributed by atoms with Crippen LogP contribution in [-0.4, -0.2) is 11.6 Å². The van der Waals surface area contributed by atoms with Gasteiger partial charge in [-0.05, 0) is 37.1 Å². The first-order valence-corrected chi connectivity index (χ1v) is 7.35. The molecule has 0 unspecified atom stereocenters. The Kier molecular flexibility index (Phi) is 5.66. The lowest BCUT2D eigenvalue weighted by atomic mass is 10.1. The number of hydrogen-bond acceptors (Lipinski definition) is 2. The van der Waals surface area contributed by atoms with Crippen molar-refractivity contribution in [3.63, 3.8) is 0 Å². The number of nitrogens with zero attached hydrogens (tertiary/aromatic N) is 1. The molecule has 0 bridgehead atoms. The molecule has 3 heteroatoms. The second-order valence-corrected chi connectivity index (χ2v) is 5.01. The highest BCUT2D eigenvalue weighted by Crippen LogP contribution is 2.05. The zero-order valence-electron chi connectivity index (χ0n) is 12.9. The number of carbonyl (C=O) groups excluding carboxylic acids is 1. The van der Waals surface area contributed by atoms with E-state index in [0.717, 1.165) is 17.7 Å². The fraction of sp³-hybridized carbons (Fsp3) is 0.158. The van der Waals surface area contributed by atoms with Crippen LogP contribution in [0.1, 0.15) is 34.8 Å². The molecule has 2 aromatic rings. The van der Waals surface area contributed by atoms with E-state index in [0.29, 0.717) is 5.56 Å². The van der Waals surface area contributed by atoms with Crippen LogP contribution in [0.3, 0.4) is 0 Å². The Morgan fingerprint density at radius 2 is 1.77 bits per heavy atom. The molecular formula is C19H20N2O. The highest BCUT2D eigenvalue weighted by molar-refractivity contribution is 6.00. The smallest absolute Gasteiger partial charge is 0.267 e. The lowest BCUT2D eigenvalue weighted by molar-refractivity contribution is 0.0955. The number of nitrogens with one attached hydrogen (secondary N) is 1. The summed E-state index contributed by atoms with van der Waals surface area (Å²) in [6.45, 7) is 4.07. The second-order valence-electron chi connectivity index (χ2n) is 5.01.